The molecule has 0 spiro atoms. The van der Waals surface area contributed by atoms with Gasteiger partial charge >= 0.3 is 0 Å². The maximum absolute atomic E-state index is 13.9. The lowest BCUT2D eigenvalue weighted by Crippen LogP contribution is -2.37. The van der Waals surface area contributed by atoms with Crippen LogP contribution >= 0.6 is 0 Å². The number of rotatable bonds is 6. The second-order valence-electron chi connectivity index (χ2n) is 6.82. The molecule has 1 unspecified atom stereocenters. The zero-order valence-electron chi connectivity index (χ0n) is 14.5. The van der Waals surface area contributed by atoms with Crippen molar-refractivity contribution in [1.29, 1.82) is 0 Å². The van der Waals surface area contributed by atoms with Crippen LogP contribution in [0.3, 0.4) is 0 Å². The van der Waals surface area contributed by atoms with Crippen LogP contribution in [0, 0.1) is 11.2 Å². The molecule has 0 saturated heterocycles. The van der Waals surface area contributed by atoms with Gasteiger partial charge in [0.25, 0.3) is 11.5 Å². The first kappa shape index (κ1) is 18.8. The van der Waals surface area contributed by atoms with Crippen LogP contribution in [0.4, 0.5) is 4.39 Å². The van der Waals surface area contributed by atoms with Gasteiger partial charge in [0.15, 0.2) is 0 Å². The van der Waals surface area contributed by atoms with Gasteiger partial charge in [-0.1, -0.05) is 26.0 Å². The molecule has 2 aromatic rings. The second-order valence-corrected chi connectivity index (χ2v) is 6.82. The van der Waals surface area contributed by atoms with Gasteiger partial charge in [-0.2, -0.15) is 9.78 Å². The topological polar surface area (TPSA) is 84.2 Å². The van der Waals surface area contributed by atoms with E-state index in [4.69, 9.17) is 0 Å². The molecule has 7 heteroatoms. The number of carbonyl (C=O) groups excluding carboxylic acids is 1. The highest BCUT2D eigenvalue weighted by atomic mass is 19.1. The normalized spacial score (nSPS) is 12.7. The van der Waals surface area contributed by atoms with Crippen molar-refractivity contribution in [3.05, 3.63) is 58.3 Å². The number of amides is 1. The number of aromatic nitrogens is 2. The summed E-state index contributed by atoms with van der Waals surface area (Å²) in [4.78, 5) is 24.3. The van der Waals surface area contributed by atoms with Crippen molar-refractivity contribution in [3.8, 4) is 5.69 Å². The predicted octanol–water partition coefficient (Wildman–Crippen LogP) is 1.90. The summed E-state index contributed by atoms with van der Waals surface area (Å²) < 4.78 is 14.8. The number of nitrogens with one attached hydrogen (secondary N) is 1. The molecule has 1 aromatic carbocycles. The number of hydrogen-bond donors (Lipinski definition) is 2. The van der Waals surface area contributed by atoms with Gasteiger partial charge in [0.1, 0.15) is 17.2 Å². The molecule has 0 aliphatic heterocycles. The molecule has 2 N–H and O–H groups in total. The molecule has 134 valence electrons. The van der Waals surface area contributed by atoms with Crippen molar-refractivity contribution < 1.29 is 14.3 Å². The van der Waals surface area contributed by atoms with E-state index in [-0.39, 0.29) is 16.8 Å². The quantitative estimate of drug-likeness (QED) is 0.836. The van der Waals surface area contributed by atoms with Crippen LogP contribution in [0.25, 0.3) is 5.69 Å². The van der Waals surface area contributed by atoms with Crippen molar-refractivity contribution >= 4 is 5.91 Å². The number of aliphatic hydroxyl groups is 1. The van der Waals surface area contributed by atoms with E-state index in [0.29, 0.717) is 13.0 Å². The van der Waals surface area contributed by atoms with Gasteiger partial charge in [0, 0.05) is 12.6 Å². The summed E-state index contributed by atoms with van der Waals surface area (Å²) in [5.41, 5.74) is -0.840. The van der Waals surface area contributed by atoms with Crippen LogP contribution in [0.2, 0.25) is 0 Å². The summed E-state index contributed by atoms with van der Waals surface area (Å²) in [6, 6.07) is 8.19. The zero-order valence-corrected chi connectivity index (χ0v) is 14.5. The molecule has 25 heavy (non-hydrogen) atoms. The molecule has 1 amide bonds. The fourth-order valence-corrected chi connectivity index (χ4v) is 2.61. The van der Waals surface area contributed by atoms with E-state index in [1.807, 2.05) is 13.8 Å². The summed E-state index contributed by atoms with van der Waals surface area (Å²) >= 11 is 0. The van der Waals surface area contributed by atoms with Crippen molar-refractivity contribution in [1.82, 2.24) is 15.1 Å². The summed E-state index contributed by atoms with van der Waals surface area (Å²) in [5.74, 6) is -1.07. The number of para-hydroxylation sites is 1. The molecule has 1 atom stereocenters. The highest BCUT2D eigenvalue weighted by Crippen LogP contribution is 2.21. The van der Waals surface area contributed by atoms with E-state index in [2.05, 4.69) is 10.4 Å². The lowest BCUT2D eigenvalue weighted by atomic mass is 9.87. The molecule has 0 aliphatic carbocycles. The fourth-order valence-electron chi connectivity index (χ4n) is 2.61. The molecular weight excluding hydrogens is 325 g/mol. The third-order valence-corrected chi connectivity index (χ3v) is 3.69. The first-order valence-corrected chi connectivity index (χ1v) is 8.01. The highest BCUT2D eigenvalue weighted by molar-refractivity contribution is 5.92. The van der Waals surface area contributed by atoms with Gasteiger partial charge in [-0.15, -0.1) is 0 Å². The highest BCUT2D eigenvalue weighted by Gasteiger charge is 2.22. The molecule has 0 fully saturated rings. The Kier molecular flexibility index (Phi) is 5.69. The average Bonchev–Trinajstić information content (AvgIpc) is 2.53. The molecule has 1 aromatic heterocycles. The van der Waals surface area contributed by atoms with Crippen molar-refractivity contribution in [2.24, 2.45) is 5.41 Å². The Balaban J connectivity index is 2.21. The van der Waals surface area contributed by atoms with Gasteiger partial charge in [-0.3, -0.25) is 9.59 Å². The lowest BCUT2D eigenvalue weighted by Gasteiger charge is -2.26. The number of halogens is 1. The van der Waals surface area contributed by atoms with E-state index < -0.39 is 23.4 Å². The first-order valence-electron chi connectivity index (χ1n) is 8.01. The van der Waals surface area contributed by atoms with Gasteiger partial charge in [0.2, 0.25) is 0 Å². The number of hydrogen-bond acceptors (Lipinski definition) is 4. The van der Waals surface area contributed by atoms with Crippen LogP contribution in [-0.4, -0.2) is 33.4 Å². The largest absolute Gasteiger partial charge is 0.393 e. The predicted molar refractivity (Wildman–Crippen MR) is 92.2 cm³/mol. The van der Waals surface area contributed by atoms with Gasteiger partial charge in [-0.05, 0) is 37.0 Å². The fraction of sp³-hybridized carbons (Fsp3) is 0.389. The summed E-state index contributed by atoms with van der Waals surface area (Å²) in [7, 11) is 0. The van der Waals surface area contributed by atoms with Crippen LogP contribution in [0.1, 0.15) is 37.7 Å². The second kappa shape index (κ2) is 7.57. The number of nitrogens with zero attached hydrogens (tertiary/aromatic N) is 2. The van der Waals surface area contributed by atoms with E-state index in [1.54, 1.807) is 13.0 Å². The summed E-state index contributed by atoms with van der Waals surface area (Å²) in [6.45, 7) is 5.87. The molecular formula is C18H22FN3O3. The van der Waals surface area contributed by atoms with E-state index in [0.717, 1.165) is 4.68 Å². The number of benzene rings is 1. The number of aliphatic hydroxyl groups excluding tert-OH is 1. The third kappa shape index (κ3) is 4.96. The minimum absolute atomic E-state index is 0.00991. The molecule has 6 nitrogen and oxygen atoms in total. The van der Waals surface area contributed by atoms with E-state index in [1.165, 1.54) is 30.3 Å². The van der Waals surface area contributed by atoms with Crippen molar-refractivity contribution in [3.63, 3.8) is 0 Å². The smallest absolute Gasteiger partial charge is 0.271 e. The van der Waals surface area contributed by atoms with Crippen molar-refractivity contribution in [2.75, 3.05) is 6.54 Å². The van der Waals surface area contributed by atoms with E-state index in [9.17, 15) is 19.1 Å². The first-order chi connectivity index (χ1) is 11.7. The van der Waals surface area contributed by atoms with E-state index >= 15 is 0 Å². The maximum Gasteiger partial charge on any atom is 0.271 e. The molecule has 0 radical (unpaired) electrons. The molecule has 0 aliphatic rings. The number of carbonyl (C=O) groups is 1. The Morgan fingerprint density at radius 3 is 2.64 bits per heavy atom. The average molecular weight is 347 g/mol. The van der Waals surface area contributed by atoms with Crippen LogP contribution < -0.4 is 10.9 Å². The summed E-state index contributed by atoms with van der Waals surface area (Å²) in [5, 5.41) is 16.2. The third-order valence-electron chi connectivity index (χ3n) is 3.69. The Hall–Kier alpha value is -2.54. The maximum atomic E-state index is 13.9. The Morgan fingerprint density at radius 1 is 1.32 bits per heavy atom. The van der Waals surface area contributed by atoms with Crippen LogP contribution in [0.5, 0.6) is 0 Å². The molecule has 0 saturated carbocycles. The SMILES string of the molecule is CC(O)CC(C)(C)CNC(=O)c1ccc(=O)n(-c2ccccc2F)n1. The van der Waals surface area contributed by atoms with Crippen molar-refractivity contribution in [2.45, 2.75) is 33.3 Å². The summed E-state index contributed by atoms with van der Waals surface area (Å²) in [6.07, 6.45) is 0.0445. The Bertz CT molecular complexity index is 815. The standard InChI is InChI=1S/C18H22FN3O3/c1-12(23)10-18(2,3)11-20-17(25)14-8-9-16(24)22(21-14)15-7-5-4-6-13(15)19/h4-9,12,23H,10-11H2,1-3H3,(H,20,25). The van der Waals surface area contributed by atoms with Gasteiger partial charge < -0.3 is 10.4 Å². The lowest BCUT2D eigenvalue weighted by molar-refractivity contribution is 0.0895. The Labute approximate surface area is 145 Å². The molecule has 0 bridgehead atoms. The molecule has 2 rings (SSSR count). The van der Waals surface area contributed by atoms with Gasteiger partial charge in [0.05, 0.1) is 6.10 Å². The van der Waals surface area contributed by atoms with Gasteiger partial charge in [-0.25, -0.2) is 4.39 Å². The Morgan fingerprint density at radius 2 is 2.00 bits per heavy atom. The minimum Gasteiger partial charge on any atom is -0.393 e. The monoisotopic (exact) mass is 347 g/mol. The molecule has 1 heterocycles. The minimum atomic E-state index is -0.604. The zero-order chi connectivity index (χ0) is 18.6. The van der Waals surface area contributed by atoms with Crippen LogP contribution in [0.15, 0.2) is 41.2 Å². The van der Waals surface area contributed by atoms with Crippen LogP contribution in [-0.2, 0) is 0 Å².